The number of hydrogen-bond donors (Lipinski definition) is 0. The summed E-state index contributed by atoms with van der Waals surface area (Å²) in [6.45, 7) is 8.46. The largest absolute Gasteiger partial charge is 0.493 e. The van der Waals surface area contributed by atoms with Gasteiger partial charge in [-0.05, 0) is 39.0 Å². The van der Waals surface area contributed by atoms with Gasteiger partial charge in [0.2, 0.25) is 0 Å². The first kappa shape index (κ1) is 10.2. The number of allylic oxidation sites excluding steroid dienone is 1. The van der Waals surface area contributed by atoms with Gasteiger partial charge in [0, 0.05) is 10.7 Å². The molecule has 1 heterocycles. The van der Waals surface area contributed by atoms with Gasteiger partial charge in [-0.1, -0.05) is 12.2 Å². The van der Waals surface area contributed by atoms with Crippen molar-refractivity contribution in [1.82, 2.24) is 0 Å². The minimum Gasteiger partial charge on any atom is -0.493 e. The maximum Gasteiger partial charge on any atom is 0.118 e. The van der Waals surface area contributed by atoms with Crippen molar-refractivity contribution in [3.63, 3.8) is 0 Å². The zero-order chi connectivity index (χ0) is 10.2. The van der Waals surface area contributed by atoms with Gasteiger partial charge in [-0.15, -0.1) is 11.8 Å². The molecule has 78 valence electrons. The summed E-state index contributed by atoms with van der Waals surface area (Å²) in [5.41, 5.74) is 1.41. The Morgan fingerprint density at radius 2 is 2.43 bits per heavy atom. The highest BCUT2D eigenvalue weighted by Crippen LogP contribution is 2.45. The van der Waals surface area contributed by atoms with Crippen LogP contribution in [0, 0.1) is 5.92 Å². The van der Waals surface area contributed by atoms with E-state index >= 15 is 0 Å². The molecule has 0 spiro atoms. The maximum absolute atomic E-state index is 5.77. The summed E-state index contributed by atoms with van der Waals surface area (Å²) in [5, 5.41) is 2.69. The molecule has 0 amide bonds. The van der Waals surface area contributed by atoms with Crippen LogP contribution >= 0.6 is 11.8 Å². The topological polar surface area (TPSA) is 9.23 Å². The Bertz CT molecular complexity index is 271. The van der Waals surface area contributed by atoms with E-state index in [2.05, 4.69) is 25.8 Å². The van der Waals surface area contributed by atoms with E-state index in [1.807, 2.05) is 18.0 Å². The van der Waals surface area contributed by atoms with E-state index < -0.39 is 0 Å². The lowest BCUT2D eigenvalue weighted by atomic mass is 9.77. The highest BCUT2D eigenvalue weighted by atomic mass is 32.2. The molecule has 3 atom stereocenters. The number of hydrogen-bond acceptors (Lipinski definition) is 2. The minimum absolute atomic E-state index is 0.0748. The standard InChI is InChI=1S/C12H18OS/c1-9(2)10-4-5-12(3)11(8-10)14-7-6-13-12/h6-7,10-11H,1,4-5,8H2,2-3H3. The molecule has 0 radical (unpaired) electrons. The van der Waals surface area contributed by atoms with E-state index in [9.17, 15) is 0 Å². The first-order chi connectivity index (χ1) is 6.62. The van der Waals surface area contributed by atoms with Gasteiger partial charge in [-0.3, -0.25) is 0 Å². The Balaban J connectivity index is 2.10. The van der Waals surface area contributed by atoms with Crippen molar-refractivity contribution in [2.24, 2.45) is 5.92 Å². The lowest BCUT2D eigenvalue weighted by molar-refractivity contribution is 0.00124. The monoisotopic (exact) mass is 210 g/mol. The molecule has 0 saturated heterocycles. The summed E-state index contributed by atoms with van der Waals surface area (Å²) in [6.07, 6.45) is 5.46. The predicted molar refractivity (Wildman–Crippen MR) is 62.2 cm³/mol. The average Bonchev–Trinajstić information content (AvgIpc) is 2.16. The van der Waals surface area contributed by atoms with Gasteiger partial charge in [-0.25, -0.2) is 0 Å². The number of rotatable bonds is 1. The Labute approximate surface area is 90.6 Å². The highest BCUT2D eigenvalue weighted by Gasteiger charge is 2.42. The van der Waals surface area contributed by atoms with Gasteiger partial charge >= 0.3 is 0 Å². The third-order valence-electron chi connectivity index (χ3n) is 3.50. The van der Waals surface area contributed by atoms with Crippen LogP contribution in [0.1, 0.15) is 33.1 Å². The molecule has 1 aliphatic heterocycles. The van der Waals surface area contributed by atoms with Crippen LogP contribution in [0.2, 0.25) is 0 Å². The Morgan fingerprint density at radius 1 is 1.64 bits per heavy atom. The molecule has 1 nitrogen and oxygen atoms in total. The van der Waals surface area contributed by atoms with Gasteiger partial charge in [-0.2, -0.15) is 0 Å². The molecule has 1 aliphatic carbocycles. The van der Waals surface area contributed by atoms with Crippen LogP contribution in [0.4, 0.5) is 0 Å². The van der Waals surface area contributed by atoms with Gasteiger partial charge in [0.05, 0.1) is 6.26 Å². The van der Waals surface area contributed by atoms with Gasteiger partial charge in [0.1, 0.15) is 5.60 Å². The lowest BCUT2D eigenvalue weighted by Crippen LogP contribution is -2.45. The molecule has 0 aromatic carbocycles. The van der Waals surface area contributed by atoms with Crippen LogP contribution in [0.5, 0.6) is 0 Å². The molecule has 2 heteroatoms. The zero-order valence-corrected chi connectivity index (χ0v) is 9.77. The molecule has 2 aliphatic rings. The van der Waals surface area contributed by atoms with Crippen molar-refractivity contribution in [2.75, 3.05) is 0 Å². The second kappa shape index (κ2) is 3.65. The molecule has 14 heavy (non-hydrogen) atoms. The number of ether oxygens (including phenoxy) is 1. The second-order valence-corrected chi connectivity index (χ2v) is 5.76. The van der Waals surface area contributed by atoms with Crippen LogP contribution in [-0.4, -0.2) is 10.9 Å². The summed E-state index contributed by atoms with van der Waals surface area (Å²) in [7, 11) is 0. The van der Waals surface area contributed by atoms with Gasteiger partial charge in [0.25, 0.3) is 0 Å². The predicted octanol–water partition coefficient (Wildman–Crippen LogP) is 3.72. The van der Waals surface area contributed by atoms with E-state index in [1.165, 1.54) is 18.4 Å². The fraction of sp³-hybridized carbons (Fsp3) is 0.667. The molecular formula is C12H18OS. The first-order valence-electron chi connectivity index (χ1n) is 5.25. The summed E-state index contributed by atoms with van der Waals surface area (Å²) >= 11 is 1.92. The third-order valence-corrected chi connectivity index (χ3v) is 4.79. The third kappa shape index (κ3) is 1.72. The van der Waals surface area contributed by atoms with Crippen LogP contribution in [0.3, 0.4) is 0 Å². The van der Waals surface area contributed by atoms with Crippen LogP contribution < -0.4 is 0 Å². The summed E-state index contributed by atoms with van der Waals surface area (Å²) < 4.78 is 5.77. The maximum atomic E-state index is 5.77. The van der Waals surface area contributed by atoms with Crippen molar-refractivity contribution < 1.29 is 4.74 Å². The molecule has 1 saturated carbocycles. The van der Waals surface area contributed by atoms with E-state index in [4.69, 9.17) is 4.74 Å². The first-order valence-corrected chi connectivity index (χ1v) is 6.20. The van der Waals surface area contributed by atoms with E-state index in [-0.39, 0.29) is 5.60 Å². The van der Waals surface area contributed by atoms with Gasteiger partial charge < -0.3 is 4.74 Å². The van der Waals surface area contributed by atoms with Crippen LogP contribution in [0.25, 0.3) is 0 Å². The van der Waals surface area contributed by atoms with Crippen LogP contribution in [-0.2, 0) is 4.74 Å². The van der Waals surface area contributed by atoms with Crippen molar-refractivity contribution >= 4 is 11.8 Å². The molecule has 2 rings (SSSR count). The zero-order valence-electron chi connectivity index (χ0n) is 8.95. The van der Waals surface area contributed by atoms with Crippen LogP contribution in [0.15, 0.2) is 23.8 Å². The van der Waals surface area contributed by atoms with E-state index in [0.29, 0.717) is 11.2 Å². The average molecular weight is 210 g/mol. The SMILES string of the molecule is C=C(C)C1CCC2(C)OC=CSC2C1. The summed E-state index contributed by atoms with van der Waals surface area (Å²) in [6, 6.07) is 0. The Hall–Kier alpha value is -0.370. The van der Waals surface area contributed by atoms with Crippen molar-refractivity contribution in [3.8, 4) is 0 Å². The van der Waals surface area contributed by atoms with E-state index in [0.717, 1.165) is 6.42 Å². The minimum atomic E-state index is 0.0748. The second-order valence-electron chi connectivity index (χ2n) is 4.65. The quantitative estimate of drug-likeness (QED) is 0.610. The van der Waals surface area contributed by atoms with E-state index in [1.54, 1.807) is 0 Å². The molecule has 0 aromatic rings. The fourth-order valence-corrected chi connectivity index (χ4v) is 3.45. The number of thioether (sulfide) groups is 1. The Morgan fingerprint density at radius 3 is 3.14 bits per heavy atom. The van der Waals surface area contributed by atoms with Gasteiger partial charge in [0.15, 0.2) is 0 Å². The molecule has 1 fully saturated rings. The lowest BCUT2D eigenvalue weighted by Gasteiger charge is -2.44. The summed E-state index contributed by atoms with van der Waals surface area (Å²) in [5.74, 6) is 0.704. The fourth-order valence-electron chi connectivity index (χ4n) is 2.34. The highest BCUT2D eigenvalue weighted by molar-refractivity contribution is 8.02. The Kier molecular flexibility index (Phi) is 2.65. The molecule has 0 N–H and O–H groups in total. The smallest absolute Gasteiger partial charge is 0.118 e. The number of fused-ring (bicyclic) bond motifs is 1. The summed E-state index contributed by atoms with van der Waals surface area (Å²) in [4.78, 5) is 0. The molecule has 0 bridgehead atoms. The van der Waals surface area contributed by atoms with Crippen molar-refractivity contribution in [2.45, 2.75) is 44.0 Å². The van der Waals surface area contributed by atoms with Crippen molar-refractivity contribution in [1.29, 1.82) is 0 Å². The molecular weight excluding hydrogens is 192 g/mol. The normalized spacial score (nSPS) is 41.3. The molecule has 0 aromatic heterocycles. The molecule has 3 unspecified atom stereocenters. The van der Waals surface area contributed by atoms with Crippen molar-refractivity contribution in [3.05, 3.63) is 23.8 Å².